The van der Waals surface area contributed by atoms with Crippen molar-refractivity contribution in [3.05, 3.63) is 65.2 Å². The SMILES string of the molecule is CC1CCN(C(=O)c2ccccc2NC(=O)Cc2ccc(C(=O)O)cc2)CC1. The van der Waals surface area contributed by atoms with E-state index in [9.17, 15) is 14.4 Å². The number of anilines is 1. The number of carboxylic acids is 1. The number of rotatable bonds is 5. The maximum atomic E-state index is 12.9. The van der Waals surface area contributed by atoms with Crippen LogP contribution in [0.4, 0.5) is 5.69 Å². The topological polar surface area (TPSA) is 86.7 Å². The highest BCUT2D eigenvalue weighted by atomic mass is 16.4. The van der Waals surface area contributed by atoms with E-state index in [0.29, 0.717) is 22.7 Å². The fourth-order valence-corrected chi connectivity index (χ4v) is 3.31. The lowest BCUT2D eigenvalue weighted by molar-refractivity contribution is -0.115. The number of para-hydroxylation sites is 1. The van der Waals surface area contributed by atoms with Gasteiger partial charge in [0.05, 0.1) is 23.2 Å². The van der Waals surface area contributed by atoms with E-state index < -0.39 is 5.97 Å². The maximum Gasteiger partial charge on any atom is 0.335 e. The summed E-state index contributed by atoms with van der Waals surface area (Å²) in [5.74, 6) is -0.689. The Kier molecular flexibility index (Phi) is 6.09. The van der Waals surface area contributed by atoms with Gasteiger partial charge in [-0.3, -0.25) is 9.59 Å². The van der Waals surface area contributed by atoms with Crippen molar-refractivity contribution >= 4 is 23.5 Å². The zero-order valence-corrected chi connectivity index (χ0v) is 15.9. The number of aromatic carboxylic acids is 1. The van der Waals surface area contributed by atoms with Gasteiger partial charge >= 0.3 is 5.97 Å². The Morgan fingerprint density at radius 1 is 1.04 bits per heavy atom. The number of hydrogen-bond acceptors (Lipinski definition) is 3. The summed E-state index contributed by atoms with van der Waals surface area (Å²) in [7, 11) is 0. The number of carbonyl (C=O) groups is 3. The van der Waals surface area contributed by atoms with Crippen LogP contribution in [0.5, 0.6) is 0 Å². The van der Waals surface area contributed by atoms with Gasteiger partial charge in [-0.1, -0.05) is 31.2 Å². The first-order valence-corrected chi connectivity index (χ1v) is 9.44. The Balaban J connectivity index is 1.68. The van der Waals surface area contributed by atoms with Gasteiger partial charge in [-0.05, 0) is 48.6 Å². The Morgan fingerprint density at radius 2 is 1.68 bits per heavy atom. The number of amides is 2. The minimum Gasteiger partial charge on any atom is -0.478 e. The van der Waals surface area contributed by atoms with Gasteiger partial charge in [-0.2, -0.15) is 0 Å². The van der Waals surface area contributed by atoms with Crippen LogP contribution in [0.15, 0.2) is 48.5 Å². The fraction of sp³-hybridized carbons (Fsp3) is 0.318. The lowest BCUT2D eigenvalue weighted by Gasteiger charge is -2.30. The summed E-state index contributed by atoms with van der Waals surface area (Å²) in [6, 6.07) is 13.2. The quantitative estimate of drug-likeness (QED) is 0.832. The normalized spacial score (nSPS) is 14.5. The molecule has 28 heavy (non-hydrogen) atoms. The average Bonchev–Trinajstić information content (AvgIpc) is 2.69. The van der Waals surface area contributed by atoms with Crippen LogP contribution < -0.4 is 5.32 Å². The van der Waals surface area contributed by atoms with Crippen LogP contribution in [0.1, 0.15) is 46.0 Å². The van der Waals surface area contributed by atoms with E-state index >= 15 is 0 Å². The molecule has 1 aliphatic rings. The molecule has 6 heteroatoms. The number of hydrogen-bond donors (Lipinski definition) is 2. The predicted molar refractivity (Wildman–Crippen MR) is 106 cm³/mol. The summed E-state index contributed by atoms with van der Waals surface area (Å²) in [5.41, 5.74) is 1.87. The first-order valence-electron chi connectivity index (χ1n) is 9.44. The van der Waals surface area contributed by atoms with Crippen LogP contribution in [0.3, 0.4) is 0 Å². The zero-order chi connectivity index (χ0) is 20.1. The largest absolute Gasteiger partial charge is 0.478 e. The van der Waals surface area contributed by atoms with Crippen LogP contribution in [-0.4, -0.2) is 40.9 Å². The Labute approximate surface area is 164 Å². The monoisotopic (exact) mass is 380 g/mol. The fourth-order valence-electron chi connectivity index (χ4n) is 3.31. The molecule has 0 aliphatic carbocycles. The lowest BCUT2D eigenvalue weighted by Crippen LogP contribution is -2.38. The second kappa shape index (κ2) is 8.69. The van der Waals surface area contributed by atoms with Crippen molar-refractivity contribution in [1.82, 2.24) is 4.90 Å². The van der Waals surface area contributed by atoms with E-state index in [1.165, 1.54) is 12.1 Å². The number of benzene rings is 2. The highest BCUT2D eigenvalue weighted by Crippen LogP contribution is 2.22. The van der Waals surface area contributed by atoms with Crippen molar-refractivity contribution in [2.75, 3.05) is 18.4 Å². The van der Waals surface area contributed by atoms with Crippen molar-refractivity contribution in [3.8, 4) is 0 Å². The van der Waals surface area contributed by atoms with Gasteiger partial charge in [0.2, 0.25) is 5.91 Å². The third kappa shape index (κ3) is 4.76. The van der Waals surface area contributed by atoms with E-state index in [0.717, 1.165) is 25.9 Å². The maximum absolute atomic E-state index is 12.9. The Bertz CT molecular complexity index is 868. The summed E-state index contributed by atoms with van der Waals surface area (Å²) >= 11 is 0. The van der Waals surface area contributed by atoms with Gasteiger partial charge in [0.25, 0.3) is 5.91 Å². The summed E-state index contributed by atoms with van der Waals surface area (Å²) in [6.07, 6.45) is 2.09. The molecule has 0 bridgehead atoms. The molecule has 1 aliphatic heterocycles. The van der Waals surface area contributed by atoms with E-state index in [1.807, 2.05) is 4.90 Å². The molecule has 0 radical (unpaired) electrons. The number of nitrogens with zero attached hydrogens (tertiary/aromatic N) is 1. The van der Waals surface area contributed by atoms with Gasteiger partial charge in [-0.15, -0.1) is 0 Å². The van der Waals surface area contributed by atoms with Crippen molar-refractivity contribution < 1.29 is 19.5 Å². The summed E-state index contributed by atoms with van der Waals surface area (Å²) < 4.78 is 0. The first-order chi connectivity index (χ1) is 13.4. The van der Waals surface area contributed by atoms with Crippen LogP contribution in [-0.2, 0) is 11.2 Å². The molecule has 3 rings (SSSR count). The Morgan fingerprint density at radius 3 is 2.32 bits per heavy atom. The van der Waals surface area contributed by atoms with Crippen molar-refractivity contribution in [3.63, 3.8) is 0 Å². The molecule has 0 atom stereocenters. The number of likely N-dealkylation sites (tertiary alicyclic amines) is 1. The average molecular weight is 380 g/mol. The van der Waals surface area contributed by atoms with Gasteiger partial charge in [0, 0.05) is 13.1 Å². The first kappa shape index (κ1) is 19.6. The number of carboxylic acid groups (broad SMARTS) is 1. The van der Waals surface area contributed by atoms with Gasteiger partial charge < -0.3 is 15.3 Å². The Hall–Kier alpha value is -3.15. The highest BCUT2D eigenvalue weighted by Gasteiger charge is 2.23. The molecule has 2 amide bonds. The van der Waals surface area contributed by atoms with E-state index in [-0.39, 0.29) is 23.8 Å². The standard InChI is InChI=1S/C22H24N2O4/c1-15-10-12-24(13-11-15)21(26)18-4-2-3-5-19(18)23-20(25)14-16-6-8-17(9-7-16)22(27)28/h2-9,15H,10-14H2,1H3,(H,23,25)(H,27,28). The number of nitrogens with one attached hydrogen (secondary N) is 1. The molecular formula is C22H24N2O4. The third-order valence-electron chi connectivity index (χ3n) is 5.07. The van der Waals surface area contributed by atoms with Crippen molar-refractivity contribution in [2.45, 2.75) is 26.2 Å². The van der Waals surface area contributed by atoms with Crippen LogP contribution in [0.25, 0.3) is 0 Å². The van der Waals surface area contributed by atoms with E-state index in [1.54, 1.807) is 36.4 Å². The minimum absolute atomic E-state index is 0.0615. The second-order valence-electron chi connectivity index (χ2n) is 7.25. The molecule has 0 spiro atoms. The van der Waals surface area contributed by atoms with Crippen molar-refractivity contribution in [1.29, 1.82) is 0 Å². The van der Waals surface area contributed by atoms with Gasteiger partial charge in [0.1, 0.15) is 0 Å². The molecule has 2 aromatic carbocycles. The number of piperidine rings is 1. The zero-order valence-electron chi connectivity index (χ0n) is 15.9. The minimum atomic E-state index is -1.00. The molecule has 1 fully saturated rings. The van der Waals surface area contributed by atoms with Crippen LogP contribution in [0.2, 0.25) is 0 Å². The molecule has 6 nitrogen and oxygen atoms in total. The van der Waals surface area contributed by atoms with E-state index in [2.05, 4.69) is 12.2 Å². The smallest absolute Gasteiger partial charge is 0.335 e. The van der Waals surface area contributed by atoms with Gasteiger partial charge in [0.15, 0.2) is 0 Å². The second-order valence-corrected chi connectivity index (χ2v) is 7.25. The summed E-state index contributed by atoms with van der Waals surface area (Å²) in [6.45, 7) is 3.66. The van der Waals surface area contributed by atoms with Crippen LogP contribution in [0, 0.1) is 5.92 Å². The van der Waals surface area contributed by atoms with E-state index in [4.69, 9.17) is 5.11 Å². The molecule has 1 saturated heterocycles. The molecule has 146 valence electrons. The molecule has 0 saturated carbocycles. The lowest BCUT2D eigenvalue weighted by atomic mass is 9.98. The molecule has 2 aromatic rings. The molecule has 0 unspecified atom stereocenters. The predicted octanol–water partition coefficient (Wildman–Crippen LogP) is 3.44. The van der Waals surface area contributed by atoms with Crippen molar-refractivity contribution in [2.24, 2.45) is 5.92 Å². The third-order valence-corrected chi connectivity index (χ3v) is 5.07. The van der Waals surface area contributed by atoms with Gasteiger partial charge in [-0.25, -0.2) is 4.79 Å². The summed E-state index contributed by atoms with van der Waals surface area (Å²) in [5, 5.41) is 11.8. The molecule has 0 aromatic heterocycles. The molecule has 1 heterocycles. The van der Waals surface area contributed by atoms with Crippen LogP contribution >= 0.6 is 0 Å². The summed E-state index contributed by atoms with van der Waals surface area (Å²) in [4.78, 5) is 38.1. The molecule has 2 N–H and O–H groups in total. The number of carbonyl (C=O) groups excluding carboxylic acids is 2. The highest BCUT2D eigenvalue weighted by molar-refractivity contribution is 6.04. The molecular weight excluding hydrogens is 356 g/mol.